The predicted octanol–water partition coefficient (Wildman–Crippen LogP) is 8.35. The lowest BCUT2D eigenvalue weighted by Crippen LogP contribution is -2.49. The summed E-state index contributed by atoms with van der Waals surface area (Å²) in [7, 11) is 0. The van der Waals surface area contributed by atoms with Crippen molar-refractivity contribution in [1.29, 1.82) is 0 Å². The van der Waals surface area contributed by atoms with Crippen LogP contribution in [0.2, 0.25) is 0 Å². The Morgan fingerprint density at radius 3 is 2.46 bits per heavy atom. The van der Waals surface area contributed by atoms with Crippen molar-refractivity contribution >= 4 is 49.9 Å². The van der Waals surface area contributed by atoms with Gasteiger partial charge in [0.1, 0.15) is 23.1 Å². The van der Waals surface area contributed by atoms with E-state index in [0.717, 1.165) is 50.1 Å². The van der Waals surface area contributed by atoms with Crippen LogP contribution < -0.4 is 10.1 Å². The van der Waals surface area contributed by atoms with Crippen LogP contribution >= 0.6 is 27.3 Å². The maximum Gasteiger partial charge on any atom is 0.326 e. The number of fused-ring (bicyclic) bond motifs is 1. The highest BCUT2D eigenvalue weighted by Crippen LogP contribution is 2.45. The number of nitrogens with one attached hydrogen (secondary N) is 1. The van der Waals surface area contributed by atoms with Gasteiger partial charge in [0.25, 0.3) is 5.91 Å². The second-order valence-corrected chi connectivity index (χ2v) is 15.4. The number of hydrogen-bond donors (Lipinski definition) is 2. The zero-order chi connectivity index (χ0) is 29.2. The zero-order valence-electron chi connectivity index (χ0n) is 24.3. The number of thiophene rings is 1. The molecule has 2 aliphatic rings. The van der Waals surface area contributed by atoms with Crippen molar-refractivity contribution < 1.29 is 19.4 Å². The molecule has 2 heterocycles. The van der Waals surface area contributed by atoms with Crippen molar-refractivity contribution in [3.63, 3.8) is 0 Å². The quantitative estimate of drug-likeness (QED) is 0.245. The minimum absolute atomic E-state index is 0.00905. The number of pyridine rings is 1. The number of hydrogen-bond acceptors (Lipinski definition) is 5. The minimum Gasteiger partial charge on any atom is -0.487 e. The molecule has 1 aromatic carbocycles. The Kier molecular flexibility index (Phi) is 9.10. The summed E-state index contributed by atoms with van der Waals surface area (Å²) >= 11 is 4.89. The fourth-order valence-corrected chi connectivity index (χ4v) is 8.10. The van der Waals surface area contributed by atoms with Crippen LogP contribution in [0.3, 0.4) is 0 Å². The van der Waals surface area contributed by atoms with Gasteiger partial charge in [-0.25, -0.2) is 9.78 Å². The van der Waals surface area contributed by atoms with E-state index in [0.29, 0.717) is 5.92 Å². The van der Waals surface area contributed by atoms with Gasteiger partial charge in [-0.05, 0) is 89.7 Å². The number of halogens is 1. The average Bonchev–Trinajstić information content (AvgIpc) is 3.59. The number of benzene rings is 1. The van der Waals surface area contributed by atoms with Crippen LogP contribution in [0, 0.1) is 11.3 Å². The van der Waals surface area contributed by atoms with Crippen molar-refractivity contribution in [2.45, 2.75) is 103 Å². The topological polar surface area (TPSA) is 88.5 Å². The van der Waals surface area contributed by atoms with Crippen LogP contribution in [0.4, 0.5) is 0 Å². The highest BCUT2D eigenvalue weighted by molar-refractivity contribution is 9.11. The van der Waals surface area contributed by atoms with E-state index in [9.17, 15) is 14.7 Å². The minimum atomic E-state index is -1.06. The number of aliphatic carboxylic acids is 1. The lowest BCUT2D eigenvalue weighted by atomic mass is 9.68. The summed E-state index contributed by atoms with van der Waals surface area (Å²) in [4.78, 5) is 31.2. The van der Waals surface area contributed by atoms with E-state index in [4.69, 9.17) is 9.72 Å². The smallest absolute Gasteiger partial charge is 0.326 e. The van der Waals surface area contributed by atoms with Crippen LogP contribution in [0.25, 0.3) is 10.8 Å². The molecule has 1 unspecified atom stereocenters. The zero-order valence-corrected chi connectivity index (χ0v) is 26.7. The van der Waals surface area contributed by atoms with E-state index < -0.39 is 17.9 Å². The van der Waals surface area contributed by atoms with Gasteiger partial charge >= 0.3 is 5.97 Å². The molecule has 5 rings (SSSR count). The Morgan fingerprint density at radius 1 is 1.10 bits per heavy atom. The van der Waals surface area contributed by atoms with E-state index in [2.05, 4.69) is 48.1 Å². The number of rotatable bonds is 9. The van der Waals surface area contributed by atoms with E-state index in [1.54, 1.807) is 6.07 Å². The van der Waals surface area contributed by atoms with Crippen LogP contribution in [-0.2, 0) is 17.6 Å². The highest BCUT2D eigenvalue weighted by atomic mass is 79.9. The van der Waals surface area contributed by atoms with Gasteiger partial charge in [0, 0.05) is 27.8 Å². The Morgan fingerprint density at radius 2 is 1.83 bits per heavy atom. The fourth-order valence-electron chi connectivity index (χ4n) is 6.57. The number of carboxylic acid groups (broad SMARTS) is 1. The molecule has 8 heteroatoms. The van der Waals surface area contributed by atoms with Crippen LogP contribution in [0.1, 0.15) is 99.6 Å². The number of nitrogens with zero attached hydrogens (tertiary/aromatic N) is 1. The van der Waals surface area contributed by atoms with Gasteiger partial charge < -0.3 is 15.2 Å². The molecule has 0 saturated heterocycles. The highest BCUT2D eigenvalue weighted by Gasteiger charge is 2.45. The molecule has 0 spiro atoms. The Bertz CT molecular complexity index is 1400. The summed E-state index contributed by atoms with van der Waals surface area (Å²) in [6.07, 6.45) is 11.5. The molecular formula is C33H41BrN2O4S. The molecule has 2 fully saturated rings. The van der Waals surface area contributed by atoms with Gasteiger partial charge in [-0.3, -0.25) is 4.79 Å². The van der Waals surface area contributed by atoms with Crippen molar-refractivity contribution in [1.82, 2.24) is 10.3 Å². The first-order chi connectivity index (χ1) is 19.5. The molecule has 2 aliphatic carbocycles. The van der Waals surface area contributed by atoms with Gasteiger partial charge in [0.2, 0.25) is 0 Å². The summed E-state index contributed by atoms with van der Waals surface area (Å²) in [5.41, 5.74) is 0.959. The van der Waals surface area contributed by atoms with Gasteiger partial charge in [-0.15, -0.1) is 11.3 Å². The van der Waals surface area contributed by atoms with Gasteiger partial charge in [-0.2, -0.15) is 0 Å². The van der Waals surface area contributed by atoms with E-state index in [1.165, 1.54) is 56.3 Å². The van der Waals surface area contributed by atoms with Crippen LogP contribution in [0.15, 0.2) is 40.2 Å². The molecule has 41 heavy (non-hydrogen) atoms. The SMILES string of the molecule is CC(C)(C)C1(Oc2ccc3cc(C(=O)NC(Cc4ccc(Br)s4)C(=O)O)nc(CC4CCCC4)c3c2)CCCCC1. The molecule has 2 N–H and O–H groups in total. The molecule has 0 aliphatic heterocycles. The van der Waals surface area contributed by atoms with Crippen molar-refractivity contribution in [2.24, 2.45) is 11.3 Å². The number of carboxylic acids is 1. The molecule has 1 atom stereocenters. The monoisotopic (exact) mass is 640 g/mol. The van der Waals surface area contributed by atoms with Crippen molar-refractivity contribution in [3.8, 4) is 5.75 Å². The third-order valence-electron chi connectivity index (χ3n) is 9.05. The molecule has 0 bridgehead atoms. The van der Waals surface area contributed by atoms with Gasteiger partial charge in [0.05, 0.1) is 3.79 Å². The van der Waals surface area contributed by atoms with Gasteiger partial charge in [-0.1, -0.05) is 58.9 Å². The normalized spacial score (nSPS) is 18.3. The number of carbonyl (C=O) groups excluding carboxylic acids is 1. The number of carbonyl (C=O) groups is 2. The Hall–Kier alpha value is -2.45. The van der Waals surface area contributed by atoms with Crippen LogP contribution in [-0.4, -0.2) is 33.6 Å². The average molecular weight is 642 g/mol. The molecule has 6 nitrogen and oxygen atoms in total. The van der Waals surface area contributed by atoms with Gasteiger partial charge in [0.15, 0.2) is 0 Å². The second kappa shape index (κ2) is 12.4. The summed E-state index contributed by atoms with van der Waals surface area (Å²) in [6.45, 7) is 6.83. The summed E-state index contributed by atoms with van der Waals surface area (Å²) in [5, 5.41) is 14.5. The molecular weight excluding hydrogens is 600 g/mol. The standard InChI is InChI=1S/C33H41BrN2O4S/c1-32(2,3)33(15-7-4-8-16-33)40-23-12-11-22-18-27(35-26(25(22)19-23)17-21-9-5-6-10-21)30(37)36-28(31(38)39)20-24-13-14-29(34)41-24/h11-14,18-19,21,28H,4-10,15-17,20H2,1-3H3,(H,36,37)(H,38,39). The molecule has 0 radical (unpaired) electrons. The number of aromatic nitrogens is 1. The first kappa shape index (κ1) is 30.0. The Labute approximate surface area is 255 Å². The summed E-state index contributed by atoms with van der Waals surface area (Å²) in [6, 6.07) is 10.7. The van der Waals surface area contributed by atoms with Crippen LogP contribution in [0.5, 0.6) is 5.75 Å². The second-order valence-electron chi connectivity index (χ2n) is 12.9. The largest absolute Gasteiger partial charge is 0.487 e. The lowest BCUT2D eigenvalue weighted by molar-refractivity contribution is -0.139. The first-order valence-electron chi connectivity index (χ1n) is 14.9. The number of ether oxygens (including phenoxy) is 1. The van der Waals surface area contributed by atoms with Crippen molar-refractivity contribution in [2.75, 3.05) is 0 Å². The molecule has 2 aromatic heterocycles. The molecule has 3 aromatic rings. The third kappa shape index (κ3) is 6.96. The summed E-state index contributed by atoms with van der Waals surface area (Å²) < 4.78 is 7.81. The predicted molar refractivity (Wildman–Crippen MR) is 168 cm³/mol. The van der Waals surface area contributed by atoms with Crippen molar-refractivity contribution in [3.05, 3.63) is 56.4 Å². The first-order valence-corrected chi connectivity index (χ1v) is 16.5. The van der Waals surface area contributed by atoms with E-state index in [-0.39, 0.29) is 23.1 Å². The fraction of sp³-hybridized carbons (Fsp3) is 0.545. The number of amides is 1. The lowest BCUT2D eigenvalue weighted by Gasteiger charge is -2.47. The van der Waals surface area contributed by atoms with E-state index in [1.807, 2.05) is 24.3 Å². The molecule has 2 saturated carbocycles. The molecule has 1 amide bonds. The van der Waals surface area contributed by atoms with E-state index >= 15 is 0 Å². The summed E-state index contributed by atoms with van der Waals surface area (Å²) in [5.74, 6) is -0.130. The maximum atomic E-state index is 13.4. The molecule has 220 valence electrons. The maximum absolute atomic E-state index is 13.4. The Balaban J connectivity index is 1.46. The third-order valence-corrected chi connectivity index (χ3v) is 10.7.